The summed E-state index contributed by atoms with van der Waals surface area (Å²) in [6.45, 7) is 2.76. The van der Waals surface area contributed by atoms with E-state index in [0.29, 0.717) is 24.5 Å². The zero-order chi connectivity index (χ0) is 15.6. The molecule has 0 bridgehead atoms. The zero-order valence-corrected chi connectivity index (χ0v) is 12.7. The SMILES string of the molecule is O=c1c(N2CCOCC2)cc2cccnc2n1-c1ccccc1. The van der Waals surface area contributed by atoms with Crippen LogP contribution in [0.25, 0.3) is 16.7 Å². The van der Waals surface area contributed by atoms with Crippen molar-refractivity contribution in [2.75, 3.05) is 31.2 Å². The smallest absolute Gasteiger partial charge is 0.280 e. The fraction of sp³-hybridized carbons (Fsp3) is 0.222. The summed E-state index contributed by atoms with van der Waals surface area (Å²) in [6.07, 6.45) is 1.72. The lowest BCUT2D eigenvalue weighted by molar-refractivity contribution is 0.122. The molecule has 0 amide bonds. The van der Waals surface area contributed by atoms with Gasteiger partial charge in [0.05, 0.1) is 18.9 Å². The molecule has 1 aromatic carbocycles. The highest BCUT2D eigenvalue weighted by atomic mass is 16.5. The third-order valence-electron chi connectivity index (χ3n) is 4.11. The summed E-state index contributed by atoms with van der Waals surface area (Å²) < 4.78 is 7.10. The molecular weight excluding hydrogens is 290 g/mol. The normalized spacial score (nSPS) is 15.0. The monoisotopic (exact) mass is 307 g/mol. The van der Waals surface area contributed by atoms with Crippen molar-refractivity contribution in [3.8, 4) is 5.69 Å². The number of ether oxygens (including phenoxy) is 1. The molecule has 2 aromatic heterocycles. The van der Waals surface area contributed by atoms with Crippen molar-refractivity contribution in [1.29, 1.82) is 0 Å². The van der Waals surface area contributed by atoms with Gasteiger partial charge in [-0.2, -0.15) is 0 Å². The Morgan fingerprint density at radius 1 is 1.00 bits per heavy atom. The van der Waals surface area contributed by atoms with Crippen LogP contribution in [0.2, 0.25) is 0 Å². The first-order valence-corrected chi connectivity index (χ1v) is 7.73. The third-order valence-corrected chi connectivity index (χ3v) is 4.11. The Balaban J connectivity index is 1.99. The van der Waals surface area contributed by atoms with Gasteiger partial charge in [-0.15, -0.1) is 0 Å². The molecule has 1 fully saturated rings. The molecule has 3 aromatic rings. The first-order chi connectivity index (χ1) is 11.3. The lowest BCUT2D eigenvalue weighted by Gasteiger charge is -2.29. The Morgan fingerprint density at radius 3 is 2.57 bits per heavy atom. The molecule has 116 valence electrons. The summed E-state index contributed by atoms with van der Waals surface area (Å²) in [5.74, 6) is 0. The molecule has 0 spiro atoms. The maximum Gasteiger partial charge on any atom is 0.280 e. The Hall–Kier alpha value is -2.66. The number of para-hydroxylation sites is 1. The van der Waals surface area contributed by atoms with Crippen molar-refractivity contribution >= 4 is 16.7 Å². The van der Waals surface area contributed by atoms with Crippen molar-refractivity contribution in [3.05, 3.63) is 65.1 Å². The number of aromatic nitrogens is 2. The van der Waals surface area contributed by atoms with Gasteiger partial charge in [0.1, 0.15) is 11.3 Å². The highest BCUT2D eigenvalue weighted by molar-refractivity contribution is 5.80. The van der Waals surface area contributed by atoms with Crippen molar-refractivity contribution < 1.29 is 4.74 Å². The number of fused-ring (bicyclic) bond motifs is 1. The molecule has 5 heteroatoms. The van der Waals surface area contributed by atoms with Crippen LogP contribution in [0.1, 0.15) is 0 Å². The largest absolute Gasteiger partial charge is 0.378 e. The minimum absolute atomic E-state index is 0.0377. The number of anilines is 1. The fourth-order valence-corrected chi connectivity index (χ4v) is 2.98. The molecule has 0 N–H and O–H groups in total. The second kappa shape index (κ2) is 5.85. The van der Waals surface area contributed by atoms with E-state index in [2.05, 4.69) is 9.88 Å². The number of rotatable bonds is 2. The number of morpholine rings is 1. The van der Waals surface area contributed by atoms with Crippen molar-refractivity contribution in [2.45, 2.75) is 0 Å². The Morgan fingerprint density at radius 2 is 1.78 bits per heavy atom. The van der Waals surface area contributed by atoms with Crippen molar-refractivity contribution in [1.82, 2.24) is 9.55 Å². The van der Waals surface area contributed by atoms with Crippen LogP contribution < -0.4 is 10.5 Å². The van der Waals surface area contributed by atoms with E-state index in [0.717, 1.165) is 24.2 Å². The number of pyridine rings is 2. The van der Waals surface area contributed by atoms with Gasteiger partial charge >= 0.3 is 0 Å². The lowest BCUT2D eigenvalue weighted by Crippen LogP contribution is -2.40. The van der Waals surface area contributed by atoms with E-state index in [1.807, 2.05) is 48.5 Å². The van der Waals surface area contributed by atoms with Gasteiger partial charge in [-0.1, -0.05) is 18.2 Å². The van der Waals surface area contributed by atoms with Gasteiger partial charge in [0.15, 0.2) is 0 Å². The maximum absolute atomic E-state index is 13.1. The second-order valence-electron chi connectivity index (χ2n) is 5.52. The summed E-state index contributed by atoms with van der Waals surface area (Å²) in [5, 5.41) is 0.956. The van der Waals surface area contributed by atoms with Crippen LogP contribution in [0, 0.1) is 0 Å². The molecule has 1 saturated heterocycles. The Labute approximate surface area is 133 Å². The van der Waals surface area contributed by atoms with Crippen molar-refractivity contribution in [2.24, 2.45) is 0 Å². The Kier molecular flexibility index (Phi) is 3.55. The van der Waals surface area contributed by atoms with Gasteiger partial charge in [-0.25, -0.2) is 4.98 Å². The molecule has 0 saturated carbocycles. The van der Waals surface area contributed by atoms with E-state index in [1.54, 1.807) is 10.8 Å². The molecule has 1 aliphatic rings. The van der Waals surface area contributed by atoms with E-state index >= 15 is 0 Å². The Bertz CT molecular complexity index is 884. The molecular formula is C18H17N3O2. The molecule has 4 rings (SSSR count). The summed E-state index contributed by atoms with van der Waals surface area (Å²) in [4.78, 5) is 19.6. The van der Waals surface area contributed by atoms with E-state index in [-0.39, 0.29) is 5.56 Å². The highest BCUT2D eigenvalue weighted by Crippen LogP contribution is 2.20. The molecule has 3 heterocycles. The molecule has 0 aliphatic carbocycles. The molecule has 0 unspecified atom stereocenters. The number of hydrogen-bond donors (Lipinski definition) is 0. The molecule has 1 aliphatic heterocycles. The molecule has 0 radical (unpaired) electrons. The first kappa shape index (κ1) is 14.0. The summed E-state index contributed by atoms with van der Waals surface area (Å²) in [6, 6.07) is 15.5. The summed E-state index contributed by atoms with van der Waals surface area (Å²) in [7, 11) is 0. The van der Waals surface area contributed by atoms with Gasteiger partial charge in [-0.3, -0.25) is 9.36 Å². The highest BCUT2D eigenvalue weighted by Gasteiger charge is 2.18. The zero-order valence-electron chi connectivity index (χ0n) is 12.7. The topological polar surface area (TPSA) is 47.4 Å². The van der Waals surface area contributed by atoms with Crippen molar-refractivity contribution in [3.63, 3.8) is 0 Å². The minimum Gasteiger partial charge on any atom is -0.378 e. The van der Waals surface area contributed by atoms with Crippen LogP contribution >= 0.6 is 0 Å². The van der Waals surface area contributed by atoms with Gasteiger partial charge in [-0.05, 0) is 30.3 Å². The maximum atomic E-state index is 13.1. The minimum atomic E-state index is -0.0377. The second-order valence-corrected chi connectivity index (χ2v) is 5.52. The van der Waals surface area contributed by atoms with Crippen LogP contribution in [0.4, 0.5) is 5.69 Å². The van der Waals surface area contributed by atoms with Gasteiger partial charge in [0.2, 0.25) is 0 Å². The van der Waals surface area contributed by atoms with Crippen LogP contribution in [0.3, 0.4) is 0 Å². The van der Waals surface area contributed by atoms with E-state index in [9.17, 15) is 4.79 Å². The van der Waals surface area contributed by atoms with E-state index < -0.39 is 0 Å². The van der Waals surface area contributed by atoms with Crippen LogP contribution in [0.15, 0.2) is 59.5 Å². The number of nitrogens with zero attached hydrogens (tertiary/aromatic N) is 3. The predicted molar refractivity (Wildman–Crippen MR) is 90.4 cm³/mol. The van der Waals surface area contributed by atoms with E-state index in [1.165, 1.54) is 0 Å². The molecule has 23 heavy (non-hydrogen) atoms. The van der Waals surface area contributed by atoms with Gasteiger partial charge < -0.3 is 9.64 Å². The lowest BCUT2D eigenvalue weighted by atomic mass is 10.2. The third kappa shape index (κ3) is 2.49. The fourth-order valence-electron chi connectivity index (χ4n) is 2.98. The number of benzene rings is 1. The molecule has 5 nitrogen and oxygen atoms in total. The average Bonchev–Trinajstić information content (AvgIpc) is 2.63. The number of hydrogen-bond acceptors (Lipinski definition) is 4. The van der Waals surface area contributed by atoms with Gasteiger partial charge in [0.25, 0.3) is 5.56 Å². The first-order valence-electron chi connectivity index (χ1n) is 7.73. The van der Waals surface area contributed by atoms with Crippen LogP contribution in [0.5, 0.6) is 0 Å². The standard InChI is InChI=1S/C18H17N3O2/c22-18-16(20-9-11-23-12-10-20)13-14-5-4-8-19-17(14)21(18)15-6-2-1-3-7-15/h1-8,13H,9-12H2. The quantitative estimate of drug-likeness (QED) is 0.728. The average molecular weight is 307 g/mol. The van der Waals surface area contributed by atoms with Gasteiger partial charge in [0, 0.05) is 24.7 Å². The van der Waals surface area contributed by atoms with Crippen LogP contribution in [-0.4, -0.2) is 35.9 Å². The summed E-state index contributed by atoms with van der Waals surface area (Å²) >= 11 is 0. The predicted octanol–water partition coefficient (Wildman–Crippen LogP) is 2.22. The van der Waals surface area contributed by atoms with Crippen LogP contribution in [-0.2, 0) is 4.74 Å². The summed E-state index contributed by atoms with van der Waals surface area (Å²) in [5.41, 5.74) is 2.18. The van der Waals surface area contributed by atoms with E-state index in [4.69, 9.17) is 4.74 Å². The molecule has 0 atom stereocenters.